The van der Waals surface area contributed by atoms with E-state index in [4.69, 9.17) is 16.3 Å². The molecule has 0 fully saturated rings. The molecule has 0 atom stereocenters. The smallest absolute Gasteiger partial charge is 0.417 e. The highest BCUT2D eigenvalue weighted by atomic mass is 35.5. The Balaban J connectivity index is 2.69. The molecule has 2 rings (SSSR count). The van der Waals surface area contributed by atoms with Gasteiger partial charge in [0.1, 0.15) is 0 Å². The quantitative estimate of drug-likeness (QED) is 0.815. The molecule has 0 spiro atoms. The van der Waals surface area contributed by atoms with E-state index >= 15 is 0 Å². The summed E-state index contributed by atoms with van der Waals surface area (Å²) < 4.78 is 43.9. The lowest BCUT2D eigenvalue weighted by molar-refractivity contribution is -0.137. The first-order valence-corrected chi connectivity index (χ1v) is 5.67. The highest BCUT2D eigenvalue weighted by molar-refractivity contribution is 6.30. The first-order valence-electron chi connectivity index (χ1n) is 5.29. The van der Waals surface area contributed by atoms with Crippen molar-refractivity contribution >= 4 is 11.6 Å². The molecule has 1 heterocycles. The van der Waals surface area contributed by atoms with Crippen LogP contribution in [0.25, 0.3) is 11.1 Å². The molecule has 2 nitrogen and oxygen atoms in total. The zero-order valence-corrected chi connectivity index (χ0v) is 10.6. The van der Waals surface area contributed by atoms with Crippen molar-refractivity contribution < 1.29 is 17.9 Å². The predicted molar refractivity (Wildman–Crippen MR) is 66.2 cm³/mol. The van der Waals surface area contributed by atoms with Crippen molar-refractivity contribution in [2.75, 3.05) is 7.11 Å². The summed E-state index contributed by atoms with van der Waals surface area (Å²) >= 11 is 5.79. The summed E-state index contributed by atoms with van der Waals surface area (Å²) in [4.78, 5) is 3.87. The SMILES string of the molecule is COc1ncc(Cl)cc1-c1ccccc1C(F)(F)F. The van der Waals surface area contributed by atoms with E-state index < -0.39 is 11.7 Å². The Labute approximate surface area is 112 Å². The standard InChI is InChI=1S/C13H9ClF3NO/c1-19-12-10(6-8(14)7-18-12)9-4-2-3-5-11(9)13(15,16)17/h2-7H,1H3. The van der Waals surface area contributed by atoms with E-state index in [0.717, 1.165) is 6.07 Å². The molecule has 0 aliphatic rings. The minimum absolute atomic E-state index is 0.0122. The van der Waals surface area contributed by atoms with Gasteiger partial charge in [0.05, 0.1) is 17.7 Å². The third-order valence-electron chi connectivity index (χ3n) is 2.53. The number of halogens is 4. The highest BCUT2D eigenvalue weighted by Gasteiger charge is 2.34. The highest BCUT2D eigenvalue weighted by Crippen LogP contribution is 2.40. The first-order chi connectivity index (χ1) is 8.93. The lowest BCUT2D eigenvalue weighted by atomic mass is 10.0. The van der Waals surface area contributed by atoms with Gasteiger partial charge in [-0.05, 0) is 17.7 Å². The molecule has 0 unspecified atom stereocenters. The summed E-state index contributed by atoms with van der Waals surface area (Å²) in [6.45, 7) is 0. The van der Waals surface area contributed by atoms with Gasteiger partial charge in [0, 0.05) is 11.8 Å². The predicted octanol–water partition coefficient (Wildman–Crippen LogP) is 4.43. The summed E-state index contributed by atoms with van der Waals surface area (Å²) in [7, 11) is 1.34. The van der Waals surface area contributed by atoms with Gasteiger partial charge in [0.2, 0.25) is 5.88 Å². The van der Waals surface area contributed by atoms with Crippen LogP contribution in [0.2, 0.25) is 5.02 Å². The maximum atomic E-state index is 13.0. The van der Waals surface area contributed by atoms with Gasteiger partial charge in [0.25, 0.3) is 0 Å². The molecule has 19 heavy (non-hydrogen) atoms. The minimum Gasteiger partial charge on any atom is -0.481 e. The van der Waals surface area contributed by atoms with Gasteiger partial charge in [-0.2, -0.15) is 13.2 Å². The Morgan fingerprint density at radius 3 is 2.47 bits per heavy atom. The van der Waals surface area contributed by atoms with E-state index in [0.29, 0.717) is 0 Å². The van der Waals surface area contributed by atoms with Crippen molar-refractivity contribution in [3.05, 3.63) is 47.1 Å². The number of hydrogen-bond acceptors (Lipinski definition) is 2. The van der Waals surface area contributed by atoms with Crippen molar-refractivity contribution in [3.8, 4) is 17.0 Å². The molecule has 0 bridgehead atoms. The third-order valence-corrected chi connectivity index (χ3v) is 2.74. The molecule has 0 radical (unpaired) electrons. The van der Waals surface area contributed by atoms with E-state index in [-0.39, 0.29) is 22.0 Å². The lowest BCUT2D eigenvalue weighted by Gasteiger charge is -2.14. The fraction of sp³-hybridized carbons (Fsp3) is 0.154. The van der Waals surface area contributed by atoms with Crippen molar-refractivity contribution in [1.82, 2.24) is 4.98 Å². The zero-order chi connectivity index (χ0) is 14.0. The van der Waals surface area contributed by atoms with Crippen LogP contribution >= 0.6 is 11.6 Å². The Hall–Kier alpha value is -1.75. The van der Waals surface area contributed by atoms with Crippen LogP contribution in [0.4, 0.5) is 13.2 Å². The fourth-order valence-corrected chi connectivity index (χ4v) is 1.91. The van der Waals surface area contributed by atoms with E-state index in [2.05, 4.69) is 4.98 Å². The minimum atomic E-state index is -4.45. The molecule has 6 heteroatoms. The van der Waals surface area contributed by atoms with Crippen molar-refractivity contribution in [3.63, 3.8) is 0 Å². The second kappa shape index (κ2) is 5.09. The number of rotatable bonds is 2. The molecule has 0 amide bonds. The summed E-state index contributed by atoms with van der Waals surface area (Å²) in [5.74, 6) is 0.0982. The van der Waals surface area contributed by atoms with Gasteiger partial charge >= 0.3 is 6.18 Å². The fourth-order valence-electron chi connectivity index (χ4n) is 1.75. The topological polar surface area (TPSA) is 22.1 Å². The maximum absolute atomic E-state index is 13.0. The summed E-state index contributed by atoms with van der Waals surface area (Å²) in [5, 5.41) is 0.243. The Morgan fingerprint density at radius 2 is 1.84 bits per heavy atom. The molecule has 0 saturated carbocycles. The number of methoxy groups -OCH3 is 1. The number of aromatic nitrogens is 1. The molecular formula is C13H9ClF3NO. The summed E-state index contributed by atoms with van der Waals surface area (Å²) in [5.41, 5.74) is -0.554. The number of ether oxygens (including phenoxy) is 1. The molecule has 1 aromatic heterocycles. The van der Waals surface area contributed by atoms with Crippen LogP contribution in [0.15, 0.2) is 36.5 Å². The number of hydrogen-bond donors (Lipinski definition) is 0. The lowest BCUT2D eigenvalue weighted by Crippen LogP contribution is -2.07. The number of alkyl halides is 3. The molecule has 1 aromatic carbocycles. The molecule has 0 saturated heterocycles. The second-order valence-corrected chi connectivity index (χ2v) is 4.19. The van der Waals surface area contributed by atoms with Crippen LogP contribution in [0.3, 0.4) is 0 Å². The Bertz CT molecular complexity index is 599. The van der Waals surface area contributed by atoms with Gasteiger partial charge in [-0.15, -0.1) is 0 Å². The largest absolute Gasteiger partial charge is 0.481 e. The van der Waals surface area contributed by atoms with Gasteiger partial charge in [-0.1, -0.05) is 29.8 Å². The zero-order valence-electron chi connectivity index (χ0n) is 9.83. The van der Waals surface area contributed by atoms with Crippen LogP contribution in [0.1, 0.15) is 5.56 Å². The molecule has 0 aliphatic heterocycles. The third kappa shape index (κ3) is 2.81. The van der Waals surface area contributed by atoms with Crippen molar-refractivity contribution in [2.24, 2.45) is 0 Å². The molecular weight excluding hydrogens is 279 g/mol. The molecule has 0 aliphatic carbocycles. The normalized spacial score (nSPS) is 11.4. The number of nitrogens with zero attached hydrogens (tertiary/aromatic N) is 1. The van der Waals surface area contributed by atoms with Crippen LogP contribution in [0, 0.1) is 0 Å². The van der Waals surface area contributed by atoms with Gasteiger partial charge in [-0.3, -0.25) is 0 Å². The molecule has 0 N–H and O–H groups in total. The van der Waals surface area contributed by atoms with Crippen LogP contribution < -0.4 is 4.74 Å². The average Bonchev–Trinajstić information content (AvgIpc) is 2.37. The van der Waals surface area contributed by atoms with Crippen molar-refractivity contribution in [1.29, 1.82) is 0 Å². The summed E-state index contributed by atoms with van der Waals surface area (Å²) in [6, 6.07) is 6.62. The number of benzene rings is 1. The monoisotopic (exact) mass is 287 g/mol. The number of pyridine rings is 1. The second-order valence-electron chi connectivity index (χ2n) is 3.75. The molecule has 100 valence electrons. The van der Waals surface area contributed by atoms with Crippen LogP contribution in [0.5, 0.6) is 5.88 Å². The van der Waals surface area contributed by atoms with Gasteiger partial charge < -0.3 is 4.74 Å². The van der Waals surface area contributed by atoms with Gasteiger partial charge in [0.15, 0.2) is 0 Å². The van der Waals surface area contributed by atoms with Crippen LogP contribution in [-0.2, 0) is 6.18 Å². The average molecular weight is 288 g/mol. The molecule has 2 aromatic rings. The Morgan fingerprint density at radius 1 is 1.16 bits per heavy atom. The van der Waals surface area contributed by atoms with Crippen molar-refractivity contribution in [2.45, 2.75) is 6.18 Å². The van der Waals surface area contributed by atoms with E-state index in [9.17, 15) is 13.2 Å². The van der Waals surface area contributed by atoms with E-state index in [1.807, 2.05) is 0 Å². The van der Waals surface area contributed by atoms with E-state index in [1.54, 1.807) is 0 Å². The first kappa shape index (κ1) is 13.7. The maximum Gasteiger partial charge on any atom is 0.417 e. The Kier molecular flexibility index (Phi) is 3.66. The van der Waals surface area contributed by atoms with Gasteiger partial charge in [-0.25, -0.2) is 4.98 Å². The summed E-state index contributed by atoms with van der Waals surface area (Å²) in [6.07, 6.45) is -3.13. The van der Waals surface area contributed by atoms with E-state index in [1.165, 1.54) is 37.6 Å². The van der Waals surface area contributed by atoms with Crippen LogP contribution in [-0.4, -0.2) is 12.1 Å².